The van der Waals surface area contributed by atoms with Crippen molar-refractivity contribution >= 4 is 256 Å². The highest BCUT2D eigenvalue weighted by atomic mass is 32.1. The van der Waals surface area contributed by atoms with Crippen LogP contribution in [0.2, 0.25) is 0 Å². The van der Waals surface area contributed by atoms with Gasteiger partial charge in [0.05, 0.1) is 81.8 Å². The van der Waals surface area contributed by atoms with Crippen molar-refractivity contribution in [3.63, 3.8) is 0 Å². The standard InChI is InChI=1S/C18H25N3O3S.C16H20N4O3S2.C16H20N2O3S2.C15H20N4O3S2.C15H19N3O3S2.C14H18N4O3S2/c1-18(2,3)14-11-13(15(25-14)16(22)24-5)20-17(23)19-9-8-12-7-6-10-21(12)4;1-16(2,3)10-7-9(11(24-10)13(21)23-4)17-14(22)18-15-20-19-12(25-15)8-5-6-8;1-9-6-12(22-8-9)18-15(20)17-10-7-11(16(2,3)4)23-13(10)14(19)21-5;1-6-10-18-19-14(24-10)17-13(21)16-8-7-9(15(2,3)4)23-11(8)12(20)22-5;1-8-7-16-14(22-8)18-13(20)17-9-6-10(15(2,3)4)23-11(9)12(19)21-5;1-7-17-18-13(22-7)16-12(20)15-8-6-9(14(2,3)4)23-10(8)11(19)21-5/h6-7,10-11H,8-9H2,1-5H3,(H2,19,20,23);7-8H,5-6H2,1-4H3,(H2,17,18,20,22);6-8H,1-5H3,(H2,17,18,20);7H,6H2,1-5H3,(H2,16,17,19,21);6-7H,1-5H3,(H2,16,17,18,20);6H,1-5H3,(H2,15,16,18,20). The molecule has 1 fully saturated rings. The molecule has 1 aliphatic carbocycles. The van der Waals surface area contributed by atoms with Crippen LogP contribution in [0.3, 0.4) is 0 Å². The number of ether oxygens (including phenoxy) is 6. The number of hydrogen-bond acceptors (Lipinski definition) is 36. The maximum atomic E-state index is 12.3. The lowest BCUT2D eigenvalue weighted by atomic mass is 9.94. The monoisotopic (exact) mass is 2170 g/mol. The van der Waals surface area contributed by atoms with Crippen LogP contribution in [0.5, 0.6) is 0 Å². The molecule has 143 heavy (non-hydrogen) atoms. The minimum atomic E-state index is -0.482. The van der Waals surface area contributed by atoms with Crippen LogP contribution in [0.15, 0.2) is 72.4 Å². The minimum absolute atomic E-state index is 0.115. The second kappa shape index (κ2) is 50.9. The molecule has 1 aliphatic rings. The average Bonchev–Trinajstić information content (AvgIpc) is 1.67. The number of thiophene rings is 7. The number of rotatable bonds is 22. The van der Waals surface area contributed by atoms with Crippen LogP contribution in [0.25, 0.3) is 0 Å². The first kappa shape index (κ1) is 116. The van der Waals surface area contributed by atoms with E-state index in [-0.39, 0.29) is 44.6 Å². The van der Waals surface area contributed by atoms with Gasteiger partial charge in [-0.1, -0.05) is 166 Å². The summed E-state index contributed by atoms with van der Waals surface area (Å²) in [7, 11) is 9.91. The van der Waals surface area contributed by atoms with Gasteiger partial charge in [0.15, 0.2) is 5.13 Å². The summed E-state index contributed by atoms with van der Waals surface area (Å²) in [5.74, 6) is -2.29. The van der Waals surface area contributed by atoms with E-state index < -0.39 is 59.9 Å². The third-order valence-corrected chi connectivity index (χ3v) is 33.2. The molecule has 0 aliphatic heterocycles. The first-order valence-electron chi connectivity index (χ1n) is 44.2. The fourth-order valence-corrected chi connectivity index (χ4v) is 21.7. The van der Waals surface area contributed by atoms with Gasteiger partial charge in [0, 0.05) is 78.2 Å². The summed E-state index contributed by atoms with van der Waals surface area (Å²) >= 11 is 14.7. The van der Waals surface area contributed by atoms with Gasteiger partial charge in [-0.2, -0.15) is 0 Å². The van der Waals surface area contributed by atoms with Crippen molar-refractivity contribution in [1.29, 1.82) is 0 Å². The summed E-state index contributed by atoms with van der Waals surface area (Å²) in [5.41, 5.74) is 4.13. The molecule has 1 saturated carbocycles. The lowest BCUT2D eigenvalue weighted by molar-refractivity contribution is 0.0598. The predicted octanol–water partition coefficient (Wildman–Crippen LogP) is 24.4. The molecule has 0 radical (unpaired) electrons. The van der Waals surface area contributed by atoms with Gasteiger partial charge < -0.3 is 70.2 Å². The summed E-state index contributed by atoms with van der Waals surface area (Å²) in [5, 5.41) is 63.0. The Morgan fingerprint density at radius 2 is 0.685 bits per heavy atom. The first-order valence-corrected chi connectivity index (χ1v) is 53.2. The molecule has 38 nitrogen and oxygen atoms in total. The Hall–Kier alpha value is -12.1. The summed E-state index contributed by atoms with van der Waals surface area (Å²) in [6.45, 7) is 45.0. The van der Waals surface area contributed by atoms with Gasteiger partial charge in [-0.15, -0.1) is 121 Å². The molecule has 0 atom stereocenters. The van der Waals surface area contributed by atoms with E-state index in [1.54, 1.807) is 25.3 Å². The summed E-state index contributed by atoms with van der Waals surface area (Å²) in [6, 6.07) is 14.2. The van der Waals surface area contributed by atoms with Gasteiger partial charge >= 0.3 is 72.0 Å². The quantitative estimate of drug-likeness (QED) is 0.0221. The second-order valence-electron chi connectivity index (χ2n) is 37.7. The highest BCUT2D eigenvalue weighted by molar-refractivity contribution is 7.18. The number of anilines is 11. The first-order chi connectivity index (χ1) is 66.8. The molecule has 0 saturated heterocycles. The number of amides is 12. The fourth-order valence-electron chi connectivity index (χ4n) is 11.6. The van der Waals surface area contributed by atoms with Gasteiger partial charge in [-0.25, -0.2) is 62.5 Å². The Morgan fingerprint density at radius 1 is 0.371 bits per heavy atom. The van der Waals surface area contributed by atoms with Crippen molar-refractivity contribution in [2.75, 3.05) is 108 Å². The highest BCUT2D eigenvalue weighted by Gasteiger charge is 2.34. The molecule has 12 aromatic rings. The van der Waals surface area contributed by atoms with Crippen molar-refractivity contribution < 1.29 is 86.0 Å². The van der Waals surface area contributed by atoms with E-state index in [2.05, 4.69) is 141 Å². The number of carbonyl (C=O) groups excluding carboxylic acids is 12. The number of esters is 6. The predicted molar refractivity (Wildman–Crippen MR) is 577 cm³/mol. The Kier molecular flexibility index (Phi) is 41.4. The number of nitrogens with one attached hydrogen (secondary N) is 12. The van der Waals surface area contributed by atoms with Crippen molar-refractivity contribution in [2.24, 2.45) is 7.05 Å². The SMILES string of the molecule is CCc1nnc(NC(=O)Nc2cc(C(C)(C)C)sc2C(=O)OC)s1.COC(=O)c1sc(C(C)(C)C)cc1NC(=O)NCCc1cccn1C.COC(=O)c1sc(C(C)(C)C)cc1NC(=O)Nc1cc(C)cs1.COC(=O)c1sc(C(C)(C)C)cc1NC(=O)Nc1ncc(C)s1.COC(=O)c1sc(C(C)(C)C)cc1NC(=O)Nc1nnc(C)s1.COC(=O)c1sc(C(C)(C)C)cc1NC(=O)Nc1nnc(C2CC2)s1. The highest BCUT2D eigenvalue weighted by Crippen LogP contribution is 2.45. The molecule has 13 rings (SSSR count). The number of aromatic nitrogens is 8. The smallest absolute Gasteiger partial charge is 0.350 e. The van der Waals surface area contributed by atoms with E-state index in [9.17, 15) is 57.5 Å². The van der Waals surface area contributed by atoms with E-state index in [1.165, 1.54) is 167 Å². The van der Waals surface area contributed by atoms with Gasteiger partial charge in [0.1, 0.15) is 44.3 Å². The molecule has 12 aromatic heterocycles. The molecule has 0 bridgehead atoms. The van der Waals surface area contributed by atoms with E-state index in [4.69, 9.17) is 28.4 Å². The molecule has 49 heteroatoms. The van der Waals surface area contributed by atoms with E-state index in [0.29, 0.717) is 96.4 Å². The molecular formula is C94H122N20O18S11. The van der Waals surface area contributed by atoms with Crippen LogP contribution in [0.4, 0.5) is 88.4 Å². The molecule has 0 unspecified atom stereocenters. The third-order valence-electron chi connectivity index (χ3n) is 19.4. The van der Waals surface area contributed by atoms with Crippen LogP contribution in [0.1, 0.15) is 269 Å². The number of hydrogen-bond donors (Lipinski definition) is 12. The molecule has 0 aromatic carbocycles. The van der Waals surface area contributed by atoms with Crippen molar-refractivity contribution in [3.05, 3.63) is 162 Å². The molecule has 0 spiro atoms. The zero-order valence-electron chi connectivity index (χ0n) is 85.0. The van der Waals surface area contributed by atoms with Crippen LogP contribution in [0, 0.1) is 20.8 Å². The normalized spacial score (nSPS) is 11.7. The molecule has 12 amide bonds. The van der Waals surface area contributed by atoms with Gasteiger partial charge in [0.25, 0.3) is 0 Å². The zero-order valence-corrected chi connectivity index (χ0v) is 93.9. The average molecular weight is 2170 g/mol. The largest absolute Gasteiger partial charge is 0.465 e. The maximum absolute atomic E-state index is 12.3. The zero-order chi connectivity index (χ0) is 106. The Morgan fingerprint density at radius 3 is 0.958 bits per heavy atom. The summed E-state index contributed by atoms with van der Waals surface area (Å²) < 4.78 is 30.9. The number of nitrogens with zero attached hydrogens (tertiary/aromatic N) is 8. The second-order valence-corrected chi connectivity index (χ2v) is 49.4. The lowest BCUT2D eigenvalue weighted by Crippen LogP contribution is -2.31. The molecule has 12 N–H and O–H groups in total. The van der Waals surface area contributed by atoms with Crippen LogP contribution in [-0.4, -0.2) is 161 Å². The van der Waals surface area contributed by atoms with Gasteiger partial charge in [-0.05, 0) is 138 Å². The van der Waals surface area contributed by atoms with Gasteiger partial charge in [-0.3, -0.25) is 26.6 Å². The number of carbonyl (C=O) groups is 12. The lowest BCUT2D eigenvalue weighted by Gasteiger charge is -2.15. The Labute approximate surface area is 874 Å². The van der Waals surface area contributed by atoms with E-state index in [0.717, 1.165) is 91.1 Å². The Bertz CT molecular complexity index is 6170. The van der Waals surface area contributed by atoms with E-state index in [1.807, 2.05) is 170 Å². The fraction of sp³-hybridized carbons (Fsp3) is 0.436. The molecule has 12 heterocycles. The number of aryl methyl sites for hydroxylation is 5. The number of urea groups is 6. The Balaban J connectivity index is 0.000000210. The maximum Gasteiger partial charge on any atom is 0.350 e. The molecular weight excluding hydrogens is 2050 g/mol. The number of thiazole rings is 1. The van der Waals surface area contributed by atoms with Crippen LogP contribution in [-0.2, 0) is 80.8 Å². The van der Waals surface area contributed by atoms with Crippen molar-refractivity contribution in [3.8, 4) is 0 Å². The summed E-state index contributed by atoms with van der Waals surface area (Å²) in [4.78, 5) is 158. The van der Waals surface area contributed by atoms with Gasteiger partial charge in [0.2, 0.25) is 15.4 Å². The van der Waals surface area contributed by atoms with Crippen molar-refractivity contribution in [1.82, 2.24) is 45.5 Å². The number of methoxy groups -OCH3 is 6. The van der Waals surface area contributed by atoms with Crippen LogP contribution >= 0.6 is 125 Å². The third kappa shape index (κ3) is 35.2. The topological polar surface area (TPSA) is 500 Å². The van der Waals surface area contributed by atoms with Crippen LogP contribution < -0.4 is 63.8 Å². The molecule has 772 valence electrons. The van der Waals surface area contributed by atoms with E-state index >= 15 is 0 Å². The summed E-state index contributed by atoms with van der Waals surface area (Å²) in [6.07, 6.45) is 7.41. The van der Waals surface area contributed by atoms with Crippen molar-refractivity contribution in [2.45, 2.75) is 216 Å². The minimum Gasteiger partial charge on any atom is -0.465 e.